The molecule has 0 aliphatic rings. The van der Waals surface area contributed by atoms with Gasteiger partial charge < -0.3 is 4.90 Å². The fourth-order valence-electron chi connectivity index (χ4n) is 1.94. The van der Waals surface area contributed by atoms with E-state index in [1.165, 1.54) is 10.6 Å². The van der Waals surface area contributed by atoms with E-state index < -0.39 is 0 Å². The topological polar surface area (TPSA) is 21.1 Å². The second kappa shape index (κ2) is 5.99. The van der Waals surface area contributed by atoms with Crippen LogP contribution < -0.4 is 0 Å². The molecule has 3 nitrogen and oxygen atoms in total. The van der Waals surface area contributed by atoms with Gasteiger partial charge in [0.25, 0.3) is 0 Å². The van der Waals surface area contributed by atoms with Crippen molar-refractivity contribution in [2.24, 2.45) is 7.05 Å². The van der Waals surface area contributed by atoms with Crippen molar-refractivity contribution in [2.75, 3.05) is 13.6 Å². The summed E-state index contributed by atoms with van der Waals surface area (Å²) >= 11 is 5.44. The number of hydrogen-bond acceptors (Lipinski definition) is 3. The maximum absolute atomic E-state index is 4.42. The van der Waals surface area contributed by atoms with Gasteiger partial charge in [0.1, 0.15) is 0 Å². The lowest BCUT2D eigenvalue weighted by Crippen LogP contribution is -2.22. The second-order valence-corrected chi connectivity index (χ2v) is 6.36. The van der Waals surface area contributed by atoms with E-state index in [1.807, 2.05) is 30.0 Å². The van der Waals surface area contributed by atoms with Gasteiger partial charge in [0.2, 0.25) is 0 Å². The van der Waals surface area contributed by atoms with Gasteiger partial charge in [-0.05, 0) is 47.8 Å². The zero-order valence-electron chi connectivity index (χ0n) is 11.0. The van der Waals surface area contributed by atoms with Crippen LogP contribution in [0.2, 0.25) is 0 Å². The van der Waals surface area contributed by atoms with Crippen LogP contribution in [0.25, 0.3) is 0 Å². The Morgan fingerprint density at radius 1 is 1.50 bits per heavy atom. The molecule has 2 aromatic heterocycles. The first-order valence-corrected chi connectivity index (χ1v) is 7.64. The molecule has 0 saturated heterocycles. The Kier molecular flexibility index (Phi) is 4.59. The summed E-state index contributed by atoms with van der Waals surface area (Å²) in [6.07, 6.45) is 1.11. The molecular formula is C13H18BrN3S. The van der Waals surface area contributed by atoms with Crippen LogP contribution in [0.5, 0.6) is 0 Å². The highest BCUT2D eigenvalue weighted by molar-refractivity contribution is 9.10. The minimum Gasteiger partial charge on any atom is -0.300 e. The van der Waals surface area contributed by atoms with Gasteiger partial charge in [0.05, 0.1) is 15.9 Å². The Morgan fingerprint density at radius 3 is 2.83 bits per heavy atom. The van der Waals surface area contributed by atoms with Gasteiger partial charge in [-0.25, -0.2) is 0 Å². The van der Waals surface area contributed by atoms with Crippen molar-refractivity contribution in [3.05, 3.63) is 38.3 Å². The summed E-state index contributed by atoms with van der Waals surface area (Å²) in [6, 6.07) is 4.31. The fraction of sp³-hybridized carbons (Fsp3) is 0.462. The molecule has 0 fully saturated rings. The molecule has 0 spiro atoms. The van der Waals surface area contributed by atoms with Gasteiger partial charge in [0.15, 0.2) is 0 Å². The Balaban J connectivity index is 1.92. The first-order chi connectivity index (χ1) is 8.58. The molecule has 0 atom stereocenters. The Bertz CT molecular complexity index is 505. The van der Waals surface area contributed by atoms with Crippen LogP contribution in [-0.4, -0.2) is 28.3 Å². The van der Waals surface area contributed by atoms with Crippen molar-refractivity contribution >= 4 is 27.3 Å². The SMILES string of the molecule is Cc1nn(C)c(CN(C)CCc2cccs2)c1Br. The van der Waals surface area contributed by atoms with Crippen LogP contribution in [0.3, 0.4) is 0 Å². The molecule has 0 saturated carbocycles. The summed E-state index contributed by atoms with van der Waals surface area (Å²) in [7, 11) is 4.16. The first kappa shape index (κ1) is 13.8. The lowest BCUT2D eigenvalue weighted by atomic mass is 10.3. The Hall–Kier alpha value is -0.650. The molecule has 18 heavy (non-hydrogen) atoms. The van der Waals surface area contributed by atoms with Crippen molar-refractivity contribution in [3.63, 3.8) is 0 Å². The number of aryl methyl sites for hydroxylation is 2. The van der Waals surface area contributed by atoms with E-state index in [4.69, 9.17) is 0 Å². The van der Waals surface area contributed by atoms with Gasteiger partial charge in [-0.15, -0.1) is 11.3 Å². The predicted octanol–water partition coefficient (Wildman–Crippen LogP) is 3.23. The summed E-state index contributed by atoms with van der Waals surface area (Å²) < 4.78 is 3.09. The predicted molar refractivity (Wildman–Crippen MR) is 80.0 cm³/mol. The molecule has 0 bridgehead atoms. The lowest BCUT2D eigenvalue weighted by Gasteiger charge is -2.16. The Labute approximate surface area is 121 Å². The smallest absolute Gasteiger partial charge is 0.0739 e. The van der Waals surface area contributed by atoms with Gasteiger partial charge >= 0.3 is 0 Å². The minimum atomic E-state index is 0.920. The summed E-state index contributed by atoms with van der Waals surface area (Å²) in [5.41, 5.74) is 2.29. The van der Waals surface area contributed by atoms with Gasteiger partial charge in [-0.1, -0.05) is 6.07 Å². The highest BCUT2D eigenvalue weighted by atomic mass is 79.9. The highest BCUT2D eigenvalue weighted by Crippen LogP contribution is 2.21. The van der Waals surface area contributed by atoms with E-state index in [0.717, 1.165) is 29.7 Å². The maximum atomic E-state index is 4.42. The third-order valence-electron chi connectivity index (χ3n) is 3.00. The number of nitrogens with zero attached hydrogens (tertiary/aromatic N) is 3. The zero-order chi connectivity index (χ0) is 13.1. The van der Waals surface area contributed by atoms with E-state index in [1.54, 1.807) is 0 Å². The van der Waals surface area contributed by atoms with Crippen molar-refractivity contribution in [2.45, 2.75) is 19.9 Å². The second-order valence-electron chi connectivity index (χ2n) is 4.54. The molecular weight excluding hydrogens is 310 g/mol. The number of hydrogen-bond donors (Lipinski definition) is 0. The molecule has 98 valence electrons. The lowest BCUT2D eigenvalue weighted by molar-refractivity contribution is 0.321. The van der Waals surface area contributed by atoms with Crippen LogP contribution in [0, 0.1) is 6.92 Å². The minimum absolute atomic E-state index is 0.920. The highest BCUT2D eigenvalue weighted by Gasteiger charge is 2.12. The van der Waals surface area contributed by atoms with Gasteiger partial charge in [0, 0.05) is 25.0 Å². The molecule has 2 rings (SSSR count). The number of halogens is 1. The van der Waals surface area contributed by atoms with Crippen LogP contribution in [-0.2, 0) is 20.0 Å². The van der Waals surface area contributed by atoms with Crippen LogP contribution in [0.15, 0.2) is 22.0 Å². The van der Waals surface area contributed by atoms with E-state index in [9.17, 15) is 0 Å². The van der Waals surface area contributed by atoms with E-state index in [-0.39, 0.29) is 0 Å². The third-order valence-corrected chi connectivity index (χ3v) is 4.97. The standard InChI is InChI=1S/C13H18BrN3S/c1-10-13(14)12(17(3)15-10)9-16(2)7-6-11-5-4-8-18-11/h4-5,8H,6-7,9H2,1-3H3. The number of likely N-dealkylation sites (N-methyl/N-ethyl adjacent to an activating group) is 1. The van der Waals surface area contributed by atoms with Gasteiger partial charge in [-0.3, -0.25) is 4.68 Å². The molecule has 0 aliphatic carbocycles. The maximum Gasteiger partial charge on any atom is 0.0739 e. The molecule has 0 N–H and O–H groups in total. The molecule has 0 amide bonds. The molecule has 2 aromatic rings. The first-order valence-electron chi connectivity index (χ1n) is 5.97. The largest absolute Gasteiger partial charge is 0.300 e. The number of thiophene rings is 1. The van der Waals surface area contributed by atoms with E-state index in [0.29, 0.717) is 0 Å². The fourth-order valence-corrected chi connectivity index (χ4v) is 3.10. The molecule has 0 unspecified atom stereocenters. The van der Waals surface area contributed by atoms with Crippen LogP contribution >= 0.6 is 27.3 Å². The molecule has 0 aromatic carbocycles. The van der Waals surface area contributed by atoms with Gasteiger partial charge in [-0.2, -0.15) is 5.10 Å². The summed E-state index contributed by atoms with van der Waals surface area (Å²) in [5, 5.41) is 6.55. The summed E-state index contributed by atoms with van der Waals surface area (Å²) in [6.45, 7) is 4.01. The number of aromatic nitrogens is 2. The van der Waals surface area contributed by atoms with E-state index >= 15 is 0 Å². The average molecular weight is 328 g/mol. The molecule has 0 aliphatic heterocycles. The van der Waals surface area contributed by atoms with Crippen molar-refractivity contribution in [3.8, 4) is 0 Å². The van der Waals surface area contributed by atoms with Crippen LogP contribution in [0.4, 0.5) is 0 Å². The zero-order valence-corrected chi connectivity index (χ0v) is 13.4. The molecule has 5 heteroatoms. The average Bonchev–Trinajstić information content (AvgIpc) is 2.92. The summed E-state index contributed by atoms with van der Waals surface area (Å²) in [5.74, 6) is 0. The van der Waals surface area contributed by atoms with Crippen molar-refractivity contribution < 1.29 is 0 Å². The van der Waals surface area contributed by atoms with Crippen molar-refractivity contribution in [1.29, 1.82) is 0 Å². The monoisotopic (exact) mass is 327 g/mol. The third kappa shape index (κ3) is 3.22. The summed E-state index contributed by atoms with van der Waals surface area (Å²) in [4.78, 5) is 3.78. The normalized spacial score (nSPS) is 11.4. The van der Waals surface area contributed by atoms with E-state index in [2.05, 4.69) is 50.5 Å². The quantitative estimate of drug-likeness (QED) is 0.840. The van der Waals surface area contributed by atoms with Crippen LogP contribution in [0.1, 0.15) is 16.3 Å². The molecule has 2 heterocycles. The Morgan fingerprint density at radius 2 is 2.28 bits per heavy atom. The number of rotatable bonds is 5. The van der Waals surface area contributed by atoms with Crippen molar-refractivity contribution in [1.82, 2.24) is 14.7 Å². The molecule has 0 radical (unpaired) electrons.